The number of rotatable bonds is 7. The monoisotopic (exact) mass is 504 g/mol. The summed E-state index contributed by atoms with van der Waals surface area (Å²) in [5.74, 6) is -4.00. The predicted molar refractivity (Wildman–Crippen MR) is 123 cm³/mol. The number of nitrogens with zero attached hydrogens (tertiary/aromatic N) is 3. The summed E-state index contributed by atoms with van der Waals surface area (Å²) in [7, 11) is 0. The molecule has 36 heavy (non-hydrogen) atoms. The van der Waals surface area contributed by atoms with Gasteiger partial charge >= 0.3 is 6.43 Å². The molecule has 0 saturated carbocycles. The number of carbonyl (C=O) groups excluding carboxylic acids is 1. The van der Waals surface area contributed by atoms with Crippen LogP contribution >= 0.6 is 0 Å². The third kappa shape index (κ3) is 5.70. The number of likely N-dealkylation sites (tertiary alicyclic amines) is 1. The molecule has 1 fully saturated rings. The van der Waals surface area contributed by atoms with Crippen molar-refractivity contribution in [2.24, 2.45) is 0 Å². The zero-order chi connectivity index (χ0) is 25.9. The van der Waals surface area contributed by atoms with E-state index in [4.69, 9.17) is 0 Å². The molecule has 5 nitrogen and oxygen atoms in total. The lowest BCUT2D eigenvalue weighted by molar-refractivity contribution is -0.133. The average Bonchev–Trinajstić information content (AvgIpc) is 2.87. The minimum Gasteiger partial charge on any atom is -0.336 e. The van der Waals surface area contributed by atoms with Crippen LogP contribution < -0.4 is 5.32 Å². The summed E-state index contributed by atoms with van der Waals surface area (Å²) in [5.41, 5.74) is 0.557. The Bertz CT molecular complexity index is 1200. The van der Waals surface area contributed by atoms with Crippen molar-refractivity contribution >= 4 is 5.91 Å². The number of alkyl halides is 2. The van der Waals surface area contributed by atoms with Gasteiger partial charge in [-0.05, 0) is 79.7 Å². The largest absolute Gasteiger partial charge is 0.336 e. The standard InChI is InChI=1S/C26H25F5N4O/c1-26(34-25(36)24(30)31,19-4-5-20(27)21(28)12-19)22-6-2-16(13-32-22)15-35-10-8-17(9-11-35)18-3-7-23(29)33-14-18/h2-7,12-14,17,24H,8-11,15H2,1H3,(H,34,36)/t26-/m0/s1. The van der Waals surface area contributed by atoms with Gasteiger partial charge in [-0.1, -0.05) is 18.2 Å². The van der Waals surface area contributed by atoms with Crippen molar-refractivity contribution in [1.82, 2.24) is 20.2 Å². The summed E-state index contributed by atoms with van der Waals surface area (Å²) >= 11 is 0. The van der Waals surface area contributed by atoms with Gasteiger partial charge < -0.3 is 5.32 Å². The van der Waals surface area contributed by atoms with E-state index in [9.17, 15) is 26.7 Å². The van der Waals surface area contributed by atoms with E-state index in [0.29, 0.717) is 12.5 Å². The van der Waals surface area contributed by atoms with Gasteiger partial charge in [-0.3, -0.25) is 14.7 Å². The third-order valence-electron chi connectivity index (χ3n) is 6.62. The summed E-state index contributed by atoms with van der Waals surface area (Å²) < 4.78 is 66.5. The fourth-order valence-corrected chi connectivity index (χ4v) is 4.52. The Morgan fingerprint density at radius 3 is 2.36 bits per heavy atom. The summed E-state index contributed by atoms with van der Waals surface area (Å²) in [4.78, 5) is 22.2. The molecule has 2 aromatic heterocycles. The van der Waals surface area contributed by atoms with Crippen LogP contribution in [0.2, 0.25) is 0 Å². The highest BCUT2D eigenvalue weighted by atomic mass is 19.3. The topological polar surface area (TPSA) is 58.1 Å². The average molecular weight is 505 g/mol. The van der Waals surface area contributed by atoms with Gasteiger partial charge in [0.1, 0.15) is 5.54 Å². The van der Waals surface area contributed by atoms with E-state index in [1.54, 1.807) is 30.6 Å². The first-order chi connectivity index (χ1) is 17.2. The maximum Gasteiger partial charge on any atom is 0.315 e. The van der Waals surface area contributed by atoms with Crippen LogP contribution in [0.15, 0.2) is 54.9 Å². The van der Waals surface area contributed by atoms with Crippen LogP contribution in [-0.4, -0.2) is 40.3 Å². The molecule has 1 aromatic carbocycles. The normalized spacial score (nSPS) is 16.6. The molecule has 0 aliphatic carbocycles. The van der Waals surface area contributed by atoms with Crippen molar-refractivity contribution in [3.63, 3.8) is 0 Å². The molecule has 1 amide bonds. The van der Waals surface area contributed by atoms with E-state index in [-0.39, 0.29) is 11.3 Å². The second kappa shape index (κ2) is 10.7. The van der Waals surface area contributed by atoms with Gasteiger partial charge in [-0.2, -0.15) is 13.2 Å². The van der Waals surface area contributed by atoms with Gasteiger partial charge in [0.15, 0.2) is 11.6 Å². The summed E-state index contributed by atoms with van der Waals surface area (Å²) in [6.07, 6.45) is 1.66. The second-order valence-electron chi connectivity index (χ2n) is 9.06. The zero-order valence-corrected chi connectivity index (χ0v) is 19.5. The first kappa shape index (κ1) is 25.7. The van der Waals surface area contributed by atoms with Crippen LogP contribution in [0.25, 0.3) is 0 Å². The van der Waals surface area contributed by atoms with E-state index in [2.05, 4.69) is 20.2 Å². The number of hydrogen-bond acceptors (Lipinski definition) is 4. The Labute approximate surface area is 205 Å². The molecule has 1 N–H and O–H groups in total. The number of benzene rings is 1. The summed E-state index contributed by atoms with van der Waals surface area (Å²) in [6.45, 7) is 3.66. The van der Waals surface area contributed by atoms with Gasteiger partial charge in [0.05, 0.1) is 5.69 Å². The molecule has 0 spiro atoms. The molecular weight excluding hydrogens is 479 g/mol. The van der Waals surface area contributed by atoms with Crippen molar-refractivity contribution in [3.8, 4) is 0 Å². The van der Waals surface area contributed by atoms with Crippen molar-refractivity contribution in [1.29, 1.82) is 0 Å². The van der Waals surface area contributed by atoms with Crippen LogP contribution in [0.3, 0.4) is 0 Å². The number of carbonyl (C=O) groups is 1. The maximum absolute atomic E-state index is 13.9. The maximum atomic E-state index is 13.9. The molecule has 0 bridgehead atoms. The first-order valence-corrected chi connectivity index (χ1v) is 11.5. The van der Waals surface area contributed by atoms with Crippen molar-refractivity contribution in [2.45, 2.75) is 44.2 Å². The molecule has 1 atom stereocenters. The number of hydrogen-bond donors (Lipinski definition) is 1. The van der Waals surface area contributed by atoms with Gasteiger partial charge in [0, 0.05) is 18.9 Å². The molecule has 1 aliphatic heterocycles. The van der Waals surface area contributed by atoms with Gasteiger partial charge in [0.25, 0.3) is 5.91 Å². The number of aromatic nitrogens is 2. The summed E-state index contributed by atoms with van der Waals surface area (Å²) in [5, 5.41) is 2.22. The lowest BCUT2D eigenvalue weighted by Gasteiger charge is -2.33. The molecular formula is C26H25F5N4O. The Kier molecular flexibility index (Phi) is 7.63. The first-order valence-electron chi connectivity index (χ1n) is 11.5. The Morgan fingerprint density at radius 1 is 1.03 bits per heavy atom. The molecule has 4 rings (SSSR count). The number of nitrogens with one attached hydrogen (secondary N) is 1. The van der Waals surface area contributed by atoms with E-state index in [0.717, 1.165) is 49.2 Å². The highest BCUT2D eigenvalue weighted by Crippen LogP contribution is 2.31. The van der Waals surface area contributed by atoms with Gasteiger partial charge in [-0.25, -0.2) is 13.8 Å². The number of halogens is 5. The lowest BCUT2D eigenvalue weighted by atomic mass is 9.87. The van der Waals surface area contributed by atoms with E-state index in [1.807, 2.05) is 0 Å². The number of amides is 1. The Hall–Kier alpha value is -3.40. The Morgan fingerprint density at radius 2 is 1.78 bits per heavy atom. The smallest absolute Gasteiger partial charge is 0.315 e. The van der Waals surface area contributed by atoms with Crippen LogP contribution in [0.1, 0.15) is 48.1 Å². The molecule has 0 unspecified atom stereocenters. The highest BCUT2D eigenvalue weighted by Gasteiger charge is 2.35. The van der Waals surface area contributed by atoms with Gasteiger partial charge in [0.2, 0.25) is 5.95 Å². The fraction of sp³-hybridized carbons (Fsp3) is 0.346. The molecule has 3 heterocycles. The predicted octanol–water partition coefficient (Wildman–Crippen LogP) is 4.92. The van der Waals surface area contributed by atoms with Crippen molar-refractivity contribution < 1.29 is 26.7 Å². The van der Waals surface area contributed by atoms with Gasteiger partial charge in [-0.15, -0.1) is 0 Å². The van der Waals surface area contributed by atoms with E-state index in [1.165, 1.54) is 19.1 Å². The highest BCUT2D eigenvalue weighted by molar-refractivity contribution is 5.80. The molecule has 3 aromatic rings. The Balaban J connectivity index is 1.47. The van der Waals surface area contributed by atoms with Crippen LogP contribution in [0.5, 0.6) is 0 Å². The second-order valence-corrected chi connectivity index (χ2v) is 9.06. The molecule has 1 saturated heterocycles. The SMILES string of the molecule is C[C@](NC(=O)C(F)F)(c1ccc(F)c(F)c1)c1ccc(CN2CCC(c3ccc(F)nc3)CC2)cn1. The quantitative estimate of drug-likeness (QED) is 0.367. The van der Waals surface area contributed by atoms with Crippen LogP contribution in [0.4, 0.5) is 22.0 Å². The minimum atomic E-state index is -3.29. The zero-order valence-electron chi connectivity index (χ0n) is 19.5. The lowest BCUT2D eigenvalue weighted by Crippen LogP contribution is -2.47. The van der Waals surface area contributed by atoms with E-state index < -0.39 is 35.5 Å². The van der Waals surface area contributed by atoms with Crippen LogP contribution in [0, 0.1) is 17.6 Å². The minimum absolute atomic E-state index is 0.0769. The molecule has 190 valence electrons. The summed E-state index contributed by atoms with van der Waals surface area (Å²) in [6, 6.07) is 9.44. The van der Waals surface area contributed by atoms with Crippen LogP contribution in [-0.2, 0) is 16.9 Å². The number of pyridine rings is 2. The van der Waals surface area contributed by atoms with Crippen molar-refractivity contribution in [3.05, 3.63) is 94.8 Å². The van der Waals surface area contributed by atoms with E-state index >= 15 is 0 Å². The number of piperidine rings is 1. The van der Waals surface area contributed by atoms with Crippen molar-refractivity contribution in [2.75, 3.05) is 13.1 Å². The fourth-order valence-electron chi connectivity index (χ4n) is 4.52. The molecule has 1 aliphatic rings. The molecule has 0 radical (unpaired) electrons. The third-order valence-corrected chi connectivity index (χ3v) is 6.62. The molecule has 10 heteroatoms.